The molecule has 25 heavy (non-hydrogen) atoms. The first-order valence-corrected chi connectivity index (χ1v) is 8.17. The Balaban J connectivity index is 1.94. The van der Waals surface area contributed by atoms with Crippen molar-refractivity contribution in [3.63, 3.8) is 0 Å². The van der Waals surface area contributed by atoms with E-state index in [4.69, 9.17) is 4.52 Å². The van der Waals surface area contributed by atoms with Crippen molar-refractivity contribution in [1.82, 2.24) is 10.5 Å². The Hall–Kier alpha value is -2.31. The molecule has 1 aromatic heterocycles. The zero-order valence-corrected chi connectivity index (χ0v) is 14.2. The van der Waals surface area contributed by atoms with Gasteiger partial charge in [0.15, 0.2) is 0 Å². The van der Waals surface area contributed by atoms with E-state index in [0.717, 1.165) is 16.7 Å². The van der Waals surface area contributed by atoms with Crippen molar-refractivity contribution in [1.29, 1.82) is 0 Å². The van der Waals surface area contributed by atoms with Crippen LogP contribution >= 0.6 is 0 Å². The summed E-state index contributed by atoms with van der Waals surface area (Å²) in [6, 6.07) is 7.49. The van der Waals surface area contributed by atoms with Crippen LogP contribution in [0.15, 0.2) is 41.2 Å². The molecule has 0 saturated heterocycles. The standard InChI is InChI=1S/C18H21F3N2O2/c1-3-17(4-2,18(19,20)21)16(24)22-10-9-13-5-7-14(8-6-13)15-11-23-25-12-15/h5-8,11-12H,3-4,9-10H2,1-2H3,(H,22,24). The highest BCUT2D eigenvalue weighted by molar-refractivity contribution is 5.83. The second kappa shape index (κ2) is 7.72. The normalized spacial score (nSPS) is 12.2. The SMILES string of the molecule is CCC(CC)(C(=O)NCCc1ccc(-c2cnoc2)cc1)C(F)(F)F. The van der Waals surface area contributed by atoms with E-state index < -0.39 is 17.5 Å². The fourth-order valence-corrected chi connectivity index (χ4v) is 2.80. The van der Waals surface area contributed by atoms with Gasteiger partial charge in [0.05, 0.1) is 6.20 Å². The van der Waals surface area contributed by atoms with E-state index in [2.05, 4.69) is 10.5 Å². The van der Waals surface area contributed by atoms with E-state index >= 15 is 0 Å². The molecule has 1 N–H and O–H groups in total. The first-order valence-electron chi connectivity index (χ1n) is 8.17. The second-order valence-corrected chi connectivity index (χ2v) is 5.90. The number of alkyl halides is 3. The number of benzene rings is 1. The first-order chi connectivity index (χ1) is 11.8. The average molecular weight is 354 g/mol. The number of carbonyl (C=O) groups is 1. The first kappa shape index (κ1) is 19.0. The van der Waals surface area contributed by atoms with Crippen molar-refractivity contribution in [2.75, 3.05) is 6.54 Å². The predicted octanol–water partition coefficient (Wildman–Crippen LogP) is 4.37. The molecule has 0 aliphatic rings. The summed E-state index contributed by atoms with van der Waals surface area (Å²) in [6.07, 6.45) is -1.51. The molecule has 0 bridgehead atoms. The minimum atomic E-state index is -4.55. The Morgan fingerprint density at radius 3 is 2.24 bits per heavy atom. The number of hydrogen-bond donors (Lipinski definition) is 1. The highest BCUT2D eigenvalue weighted by Crippen LogP contribution is 2.44. The van der Waals surface area contributed by atoms with Crippen LogP contribution in [-0.4, -0.2) is 23.8 Å². The van der Waals surface area contributed by atoms with Crippen LogP contribution in [0.3, 0.4) is 0 Å². The van der Waals surface area contributed by atoms with Gasteiger partial charge in [0.1, 0.15) is 11.7 Å². The van der Waals surface area contributed by atoms with Gasteiger partial charge in [0, 0.05) is 12.1 Å². The Bertz CT molecular complexity index is 675. The van der Waals surface area contributed by atoms with Crippen LogP contribution in [0, 0.1) is 5.41 Å². The maximum atomic E-state index is 13.3. The van der Waals surface area contributed by atoms with Crippen molar-refractivity contribution in [3.05, 3.63) is 42.3 Å². The molecule has 4 nitrogen and oxygen atoms in total. The van der Waals surface area contributed by atoms with Crippen molar-refractivity contribution >= 4 is 5.91 Å². The highest BCUT2D eigenvalue weighted by Gasteiger charge is 2.57. The Morgan fingerprint density at radius 2 is 1.76 bits per heavy atom. The Kier molecular flexibility index (Phi) is 5.87. The quantitative estimate of drug-likeness (QED) is 0.803. The van der Waals surface area contributed by atoms with Gasteiger partial charge in [0.25, 0.3) is 0 Å². The van der Waals surface area contributed by atoms with Crippen LogP contribution in [0.4, 0.5) is 13.2 Å². The summed E-state index contributed by atoms with van der Waals surface area (Å²) < 4.78 is 44.6. The van der Waals surface area contributed by atoms with E-state index in [1.54, 1.807) is 6.20 Å². The number of aromatic nitrogens is 1. The van der Waals surface area contributed by atoms with Gasteiger partial charge in [-0.05, 0) is 30.4 Å². The minimum absolute atomic E-state index is 0.156. The molecule has 2 aromatic rings. The lowest BCUT2D eigenvalue weighted by molar-refractivity contribution is -0.223. The largest absolute Gasteiger partial charge is 0.403 e. The zero-order chi connectivity index (χ0) is 18.5. The number of hydrogen-bond acceptors (Lipinski definition) is 3. The number of rotatable bonds is 7. The van der Waals surface area contributed by atoms with Gasteiger partial charge in [0.2, 0.25) is 5.91 Å². The van der Waals surface area contributed by atoms with Gasteiger partial charge in [-0.2, -0.15) is 13.2 Å². The number of nitrogens with one attached hydrogen (secondary N) is 1. The highest BCUT2D eigenvalue weighted by atomic mass is 19.4. The summed E-state index contributed by atoms with van der Waals surface area (Å²) in [5, 5.41) is 6.07. The van der Waals surface area contributed by atoms with Gasteiger partial charge in [-0.3, -0.25) is 4.79 Å². The number of halogens is 3. The third-order valence-corrected chi connectivity index (χ3v) is 4.60. The van der Waals surface area contributed by atoms with Crippen LogP contribution in [0.25, 0.3) is 11.1 Å². The number of amides is 1. The zero-order valence-electron chi connectivity index (χ0n) is 14.2. The van der Waals surface area contributed by atoms with Gasteiger partial charge in [-0.1, -0.05) is 43.3 Å². The smallest absolute Gasteiger partial charge is 0.364 e. The molecule has 0 radical (unpaired) electrons. The van der Waals surface area contributed by atoms with Crippen LogP contribution in [0.2, 0.25) is 0 Å². The van der Waals surface area contributed by atoms with Crippen molar-refractivity contribution in [2.24, 2.45) is 5.41 Å². The van der Waals surface area contributed by atoms with E-state index in [1.807, 2.05) is 24.3 Å². The lowest BCUT2D eigenvalue weighted by atomic mass is 9.80. The van der Waals surface area contributed by atoms with Crippen molar-refractivity contribution < 1.29 is 22.5 Å². The van der Waals surface area contributed by atoms with E-state index in [9.17, 15) is 18.0 Å². The fourth-order valence-electron chi connectivity index (χ4n) is 2.80. The van der Waals surface area contributed by atoms with Gasteiger partial charge < -0.3 is 9.84 Å². The van der Waals surface area contributed by atoms with E-state index in [-0.39, 0.29) is 19.4 Å². The molecule has 0 aliphatic heterocycles. The van der Waals surface area contributed by atoms with Gasteiger partial charge in [-0.15, -0.1) is 0 Å². The van der Waals surface area contributed by atoms with Gasteiger partial charge >= 0.3 is 6.18 Å². The summed E-state index contributed by atoms with van der Waals surface area (Å²) in [4.78, 5) is 12.1. The minimum Gasteiger partial charge on any atom is -0.364 e. The van der Waals surface area contributed by atoms with Gasteiger partial charge in [-0.25, -0.2) is 0 Å². The molecule has 1 amide bonds. The molecule has 0 unspecified atom stereocenters. The van der Waals surface area contributed by atoms with Crippen molar-refractivity contribution in [3.8, 4) is 11.1 Å². The van der Waals surface area contributed by atoms with Crippen molar-refractivity contribution in [2.45, 2.75) is 39.3 Å². The third-order valence-electron chi connectivity index (χ3n) is 4.60. The molecule has 0 fully saturated rings. The maximum Gasteiger partial charge on any atom is 0.403 e. The summed E-state index contributed by atoms with van der Waals surface area (Å²) >= 11 is 0. The topological polar surface area (TPSA) is 55.1 Å². The molecule has 1 aromatic carbocycles. The van der Waals surface area contributed by atoms with Crippen LogP contribution in [0.1, 0.15) is 32.3 Å². The summed E-state index contributed by atoms with van der Waals surface area (Å²) in [7, 11) is 0. The van der Waals surface area contributed by atoms with Crippen LogP contribution in [-0.2, 0) is 11.2 Å². The third kappa shape index (κ3) is 4.03. The molecule has 0 saturated carbocycles. The average Bonchev–Trinajstić information content (AvgIpc) is 3.10. The Labute approximate surface area is 144 Å². The molecular formula is C18H21F3N2O2. The molecule has 2 rings (SSSR count). The molecule has 0 spiro atoms. The maximum absolute atomic E-state index is 13.3. The molecule has 1 heterocycles. The molecule has 7 heteroatoms. The summed E-state index contributed by atoms with van der Waals surface area (Å²) in [5.74, 6) is -0.953. The van der Waals surface area contributed by atoms with E-state index in [0.29, 0.717) is 6.42 Å². The lowest BCUT2D eigenvalue weighted by Gasteiger charge is -2.32. The molecule has 0 aliphatic carbocycles. The predicted molar refractivity (Wildman–Crippen MR) is 87.7 cm³/mol. The van der Waals surface area contributed by atoms with Crippen LogP contribution < -0.4 is 5.32 Å². The molecule has 136 valence electrons. The lowest BCUT2D eigenvalue weighted by Crippen LogP contribution is -2.50. The van der Waals surface area contributed by atoms with Crippen LogP contribution in [0.5, 0.6) is 0 Å². The van der Waals surface area contributed by atoms with E-state index in [1.165, 1.54) is 20.1 Å². The number of carbonyl (C=O) groups excluding carboxylic acids is 1. The Morgan fingerprint density at radius 1 is 1.12 bits per heavy atom. The molecule has 0 atom stereocenters. The summed E-state index contributed by atoms with van der Waals surface area (Å²) in [6.45, 7) is 2.93. The second-order valence-electron chi connectivity index (χ2n) is 5.90. The fraction of sp³-hybridized carbons (Fsp3) is 0.444. The summed E-state index contributed by atoms with van der Waals surface area (Å²) in [5.41, 5.74) is 0.388. The monoisotopic (exact) mass is 354 g/mol. The molecular weight excluding hydrogens is 333 g/mol. The number of nitrogens with zero attached hydrogens (tertiary/aromatic N) is 1.